The number of nitrogens with one attached hydrogen (secondary N) is 2. The quantitative estimate of drug-likeness (QED) is 0.485. The highest BCUT2D eigenvalue weighted by atomic mass is 16.5. The first-order chi connectivity index (χ1) is 16.4. The van der Waals surface area contributed by atoms with Gasteiger partial charge in [0.2, 0.25) is 17.1 Å². The van der Waals surface area contributed by atoms with Crippen molar-refractivity contribution in [2.75, 3.05) is 33.2 Å². The van der Waals surface area contributed by atoms with Crippen LogP contribution in [0.3, 0.4) is 0 Å². The van der Waals surface area contributed by atoms with Crippen LogP contribution in [0.1, 0.15) is 63.1 Å². The van der Waals surface area contributed by atoms with Gasteiger partial charge in [-0.25, -0.2) is 0 Å². The van der Waals surface area contributed by atoms with E-state index in [1.54, 1.807) is 27.4 Å². The molecule has 1 atom stereocenters. The number of rotatable bonds is 10. The molecule has 0 heterocycles. The summed E-state index contributed by atoms with van der Waals surface area (Å²) in [6.45, 7) is 4.41. The van der Waals surface area contributed by atoms with Crippen LogP contribution in [0.4, 0.5) is 5.69 Å². The number of hydrogen-bond donors (Lipinski definition) is 2. The maximum absolute atomic E-state index is 13.2. The van der Waals surface area contributed by atoms with Crippen LogP contribution in [0, 0.1) is 0 Å². The van der Waals surface area contributed by atoms with Gasteiger partial charge in [0.1, 0.15) is 0 Å². The van der Waals surface area contributed by atoms with Crippen molar-refractivity contribution in [3.8, 4) is 28.4 Å². The van der Waals surface area contributed by atoms with Crippen LogP contribution in [0.2, 0.25) is 0 Å². The zero-order valence-electron chi connectivity index (χ0n) is 20.9. The first kappa shape index (κ1) is 25.4. The van der Waals surface area contributed by atoms with Crippen molar-refractivity contribution in [2.24, 2.45) is 0 Å². The number of amides is 1. The van der Waals surface area contributed by atoms with Crippen molar-refractivity contribution in [1.82, 2.24) is 5.32 Å². The maximum Gasteiger partial charge on any atom is 0.217 e. The van der Waals surface area contributed by atoms with E-state index >= 15 is 0 Å². The molecule has 1 aliphatic carbocycles. The molecule has 2 aromatic rings. The number of ether oxygens (including phenoxy) is 3. The largest absolute Gasteiger partial charge is 0.493 e. The number of fused-ring (bicyclic) bond motifs is 3. The minimum absolute atomic E-state index is 0.102. The molecular weight excluding hydrogens is 432 g/mol. The molecule has 0 aliphatic heterocycles. The first-order valence-corrected chi connectivity index (χ1v) is 12.0. The first-order valence-electron chi connectivity index (χ1n) is 12.0. The average molecular weight is 469 g/mol. The fraction of sp³-hybridized carbons (Fsp3) is 0.481. The number of anilines is 1. The van der Waals surface area contributed by atoms with E-state index in [-0.39, 0.29) is 17.4 Å². The number of hydrogen-bond acceptors (Lipinski definition) is 6. The number of carbonyl (C=O) groups is 1. The van der Waals surface area contributed by atoms with Gasteiger partial charge in [0.05, 0.1) is 33.1 Å². The summed E-state index contributed by atoms with van der Waals surface area (Å²) in [7, 11) is 4.76. The van der Waals surface area contributed by atoms with E-state index < -0.39 is 0 Å². The Morgan fingerprint density at radius 2 is 1.79 bits per heavy atom. The Kier molecular flexibility index (Phi) is 8.79. The van der Waals surface area contributed by atoms with E-state index in [1.165, 1.54) is 19.8 Å². The Morgan fingerprint density at radius 3 is 2.44 bits per heavy atom. The lowest BCUT2D eigenvalue weighted by Gasteiger charge is -2.19. The molecule has 0 radical (unpaired) electrons. The van der Waals surface area contributed by atoms with Crippen molar-refractivity contribution in [3.63, 3.8) is 0 Å². The summed E-state index contributed by atoms with van der Waals surface area (Å²) in [5.74, 6) is 1.49. The summed E-state index contributed by atoms with van der Waals surface area (Å²) in [6, 6.07) is 7.07. The minimum Gasteiger partial charge on any atom is -0.493 e. The van der Waals surface area contributed by atoms with E-state index in [0.717, 1.165) is 41.6 Å². The summed E-state index contributed by atoms with van der Waals surface area (Å²) >= 11 is 0. The lowest BCUT2D eigenvalue weighted by molar-refractivity contribution is -0.119. The van der Waals surface area contributed by atoms with Crippen LogP contribution in [0.25, 0.3) is 11.1 Å². The van der Waals surface area contributed by atoms with Gasteiger partial charge in [0.15, 0.2) is 11.5 Å². The molecule has 0 saturated heterocycles. The third kappa shape index (κ3) is 5.46. The molecule has 184 valence electrons. The van der Waals surface area contributed by atoms with E-state index in [9.17, 15) is 9.59 Å². The van der Waals surface area contributed by atoms with Gasteiger partial charge in [0, 0.05) is 19.0 Å². The fourth-order valence-corrected chi connectivity index (χ4v) is 4.63. The number of unbranched alkanes of at least 4 members (excludes halogenated alkanes) is 3. The van der Waals surface area contributed by atoms with Crippen LogP contribution in [-0.4, -0.2) is 33.8 Å². The molecule has 0 aromatic heterocycles. The predicted octanol–water partition coefficient (Wildman–Crippen LogP) is 4.86. The average Bonchev–Trinajstić information content (AvgIpc) is 3.06. The number of benzene rings is 1. The SMILES string of the molecule is CCCCCCNc1ccc2c(cc1=O)[C@H](NC(C)=O)CCc1cc(OC)c(OC)c(OC)c1-2. The molecule has 1 aliphatic rings. The van der Waals surface area contributed by atoms with Crippen LogP contribution >= 0.6 is 0 Å². The normalized spacial score (nSPS) is 14.3. The Labute approximate surface area is 201 Å². The monoisotopic (exact) mass is 468 g/mol. The Balaban J connectivity index is 2.19. The molecule has 1 amide bonds. The molecule has 0 bridgehead atoms. The standard InChI is InChI=1S/C27H36N2O5/c1-6-7-8-9-14-28-22-13-11-19-20(16-23(22)31)21(29-17(2)30)12-10-18-15-24(32-3)26(33-4)27(34-5)25(18)19/h11,13,15-16,21H,6-10,12,14H2,1-5H3,(H,28,31)(H,29,30)/t21-/m1/s1. The number of carbonyl (C=O) groups excluding carboxylic acids is 1. The second-order valence-electron chi connectivity index (χ2n) is 8.58. The highest BCUT2D eigenvalue weighted by molar-refractivity contribution is 5.83. The minimum atomic E-state index is -0.306. The van der Waals surface area contributed by atoms with Gasteiger partial charge in [-0.05, 0) is 54.2 Å². The van der Waals surface area contributed by atoms with Gasteiger partial charge in [-0.2, -0.15) is 0 Å². The van der Waals surface area contributed by atoms with Crippen LogP contribution < -0.4 is 30.3 Å². The molecule has 2 N–H and O–H groups in total. The lowest BCUT2D eigenvalue weighted by atomic mass is 9.95. The van der Waals surface area contributed by atoms with E-state index in [0.29, 0.717) is 35.8 Å². The predicted molar refractivity (Wildman–Crippen MR) is 135 cm³/mol. The van der Waals surface area contributed by atoms with E-state index in [1.807, 2.05) is 18.2 Å². The van der Waals surface area contributed by atoms with Crippen molar-refractivity contribution in [1.29, 1.82) is 0 Å². The highest BCUT2D eigenvalue weighted by Gasteiger charge is 2.29. The molecular formula is C27H36N2O5. The van der Waals surface area contributed by atoms with Gasteiger partial charge >= 0.3 is 0 Å². The van der Waals surface area contributed by atoms with Gasteiger partial charge in [-0.1, -0.05) is 32.3 Å². The van der Waals surface area contributed by atoms with Crippen LogP contribution in [0.5, 0.6) is 17.2 Å². The van der Waals surface area contributed by atoms with Crippen molar-refractivity contribution in [3.05, 3.63) is 45.6 Å². The summed E-state index contributed by atoms with van der Waals surface area (Å²) in [5, 5.41) is 6.34. The zero-order valence-corrected chi connectivity index (χ0v) is 20.9. The third-order valence-corrected chi connectivity index (χ3v) is 6.26. The molecule has 7 heteroatoms. The lowest BCUT2D eigenvalue weighted by Crippen LogP contribution is -2.26. The van der Waals surface area contributed by atoms with Crippen LogP contribution in [-0.2, 0) is 11.2 Å². The summed E-state index contributed by atoms with van der Waals surface area (Å²) in [6.07, 6.45) is 5.80. The van der Waals surface area contributed by atoms with Gasteiger partial charge in [-0.15, -0.1) is 0 Å². The molecule has 0 saturated carbocycles. The summed E-state index contributed by atoms with van der Waals surface area (Å²) in [5.41, 5.74) is 3.91. The maximum atomic E-state index is 13.2. The smallest absolute Gasteiger partial charge is 0.217 e. The molecule has 0 spiro atoms. The van der Waals surface area contributed by atoms with Crippen LogP contribution in [0.15, 0.2) is 29.1 Å². The molecule has 7 nitrogen and oxygen atoms in total. The van der Waals surface area contributed by atoms with Crippen molar-refractivity contribution >= 4 is 11.6 Å². The third-order valence-electron chi connectivity index (χ3n) is 6.26. The second kappa shape index (κ2) is 11.8. The Hall–Kier alpha value is -3.22. The Morgan fingerprint density at radius 1 is 1.03 bits per heavy atom. The van der Waals surface area contributed by atoms with Gasteiger partial charge in [0.25, 0.3) is 0 Å². The number of aryl methyl sites for hydroxylation is 1. The summed E-state index contributed by atoms with van der Waals surface area (Å²) in [4.78, 5) is 25.2. The summed E-state index contributed by atoms with van der Waals surface area (Å²) < 4.78 is 17.0. The highest BCUT2D eigenvalue weighted by Crippen LogP contribution is 2.50. The second-order valence-corrected chi connectivity index (χ2v) is 8.58. The van der Waals surface area contributed by atoms with E-state index in [4.69, 9.17) is 14.2 Å². The molecule has 2 aromatic carbocycles. The topological polar surface area (TPSA) is 85.9 Å². The van der Waals surface area contributed by atoms with Gasteiger partial charge < -0.3 is 24.8 Å². The van der Waals surface area contributed by atoms with Gasteiger partial charge in [-0.3, -0.25) is 9.59 Å². The molecule has 3 rings (SSSR count). The Bertz CT molecular complexity index is 1080. The molecule has 0 unspecified atom stereocenters. The molecule has 0 fully saturated rings. The number of methoxy groups -OCH3 is 3. The molecule has 34 heavy (non-hydrogen) atoms. The van der Waals surface area contributed by atoms with Crippen molar-refractivity contribution in [2.45, 2.75) is 58.4 Å². The van der Waals surface area contributed by atoms with Crippen molar-refractivity contribution < 1.29 is 19.0 Å². The zero-order chi connectivity index (χ0) is 24.7. The fourth-order valence-electron chi connectivity index (χ4n) is 4.63. The van der Waals surface area contributed by atoms with E-state index in [2.05, 4.69) is 17.6 Å².